The van der Waals surface area contributed by atoms with E-state index in [0.717, 1.165) is 11.4 Å². The van der Waals surface area contributed by atoms with Gasteiger partial charge in [-0.25, -0.2) is 0 Å². The minimum Gasteiger partial charge on any atom is -0.457 e. The van der Waals surface area contributed by atoms with Gasteiger partial charge in [0.2, 0.25) is 0 Å². The molecule has 1 atom stereocenters. The van der Waals surface area contributed by atoms with Gasteiger partial charge in [0.15, 0.2) is 0 Å². The zero-order valence-electron chi connectivity index (χ0n) is 20.4. The summed E-state index contributed by atoms with van der Waals surface area (Å²) in [7, 11) is 0. The van der Waals surface area contributed by atoms with Gasteiger partial charge < -0.3 is 14.8 Å². The molecule has 0 spiro atoms. The number of anilines is 1. The van der Waals surface area contributed by atoms with Crippen molar-refractivity contribution in [2.24, 2.45) is 0 Å². The zero-order chi connectivity index (χ0) is 24.0. The molecule has 5 nitrogen and oxygen atoms in total. The molecule has 174 valence electrons. The van der Waals surface area contributed by atoms with Crippen LogP contribution in [0.4, 0.5) is 5.69 Å². The second-order valence-electron chi connectivity index (χ2n) is 8.94. The summed E-state index contributed by atoms with van der Waals surface area (Å²) in [5.74, 6) is 1.70. The Hall–Kier alpha value is -3.18. The van der Waals surface area contributed by atoms with Crippen molar-refractivity contribution in [1.29, 1.82) is 0 Å². The highest BCUT2D eigenvalue weighted by Gasteiger charge is 2.14. The topological polar surface area (TPSA) is 60.5 Å². The van der Waals surface area contributed by atoms with Crippen LogP contribution in [0.3, 0.4) is 0 Å². The molecule has 0 bridgehead atoms. The van der Waals surface area contributed by atoms with Crippen LogP contribution < -0.4 is 10.1 Å². The number of hydrogen-bond acceptors (Lipinski definition) is 4. The van der Waals surface area contributed by atoms with Crippen molar-refractivity contribution < 1.29 is 14.3 Å². The molecule has 1 amide bonds. The van der Waals surface area contributed by atoms with Crippen LogP contribution in [0.25, 0.3) is 0 Å². The number of rotatable bonds is 9. The number of carbonyl (C=O) groups excluding carboxylic acids is 1. The highest BCUT2D eigenvalue weighted by atomic mass is 16.5. The van der Waals surface area contributed by atoms with Crippen molar-refractivity contribution in [3.05, 3.63) is 83.2 Å². The van der Waals surface area contributed by atoms with Crippen molar-refractivity contribution >= 4 is 11.6 Å². The Morgan fingerprint density at radius 3 is 2.30 bits per heavy atom. The summed E-state index contributed by atoms with van der Waals surface area (Å²) < 4.78 is 11.8. The lowest BCUT2D eigenvalue weighted by Crippen LogP contribution is -2.18. The number of nitrogens with one attached hydrogen (secondary N) is 1. The van der Waals surface area contributed by atoms with Gasteiger partial charge in [0.1, 0.15) is 11.5 Å². The first-order valence-corrected chi connectivity index (χ1v) is 11.5. The number of pyridine rings is 1. The third kappa shape index (κ3) is 7.16. The number of amides is 1. The van der Waals surface area contributed by atoms with Crippen LogP contribution in [-0.2, 0) is 11.2 Å². The fraction of sp³-hybridized carbons (Fsp3) is 0.357. The smallest absolute Gasteiger partial charge is 0.257 e. The molecule has 5 heteroatoms. The van der Waals surface area contributed by atoms with Crippen molar-refractivity contribution in [2.45, 2.75) is 66.1 Å². The fourth-order valence-electron chi connectivity index (χ4n) is 3.67. The summed E-state index contributed by atoms with van der Waals surface area (Å²) >= 11 is 0. The third-order valence-corrected chi connectivity index (χ3v) is 5.26. The number of ether oxygens (including phenoxy) is 2. The van der Waals surface area contributed by atoms with E-state index in [4.69, 9.17) is 9.47 Å². The molecule has 3 aromatic rings. The van der Waals surface area contributed by atoms with Gasteiger partial charge >= 0.3 is 0 Å². The van der Waals surface area contributed by atoms with Crippen molar-refractivity contribution in [3.8, 4) is 11.5 Å². The number of nitrogens with zero attached hydrogens (tertiary/aromatic N) is 1. The van der Waals surface area contributed by atoms with Crippen molar-refractivity contribution in [3.63, 3.8) is 0 Å². The van der Waals surface area contributed by atoms with E-state index in [-0.39, 0.29) is 18.1 Å². The minimum absolute atomic E-state index is 0.0703. The molecule has 0 aliphatic carbocycles. The molecular weight excluding hydrogens is 412 g/mol. The van der Waals surface area contributed by atoms with Crippen LogP contribution in [0.5, 0.6) is 11.5 Å². The molecule has 1 heterocycles. The monoisotopic (exact) mass is 446 g/mol. The molecule has 0 radical (unpaired) electrons. The van der Waals surface area contributed by atoms with Crippen LogP contribution >= 0.6 is 0 Å². The highest BCUT2D eigenvalue weighted by Crippen LogP contribution is 2.26. The second-order valence-corrected chi connectivity index (χ2v) is 8.94. The number of aromatic nitrogens is 1. The maximum absolute atomic E-state index is 12.9. The van der Waals surface area contributed by atoms with E-state index in [9.17, 15) is 4.79 Å². The standard InChI is InChI=1S/C28H34N2O3/c1-18(2)22-10-13-25(14-11-22)33-26-9-7-8-23(17-26)30-28(31)27-15-12-24(29-21(27)6)16-20(5)32-19(3)4/h7-15,17-20H,16H2,1-6H3,(H,30,31). The number of benzene rings is 2. The van der Waals surface area contributed by atoms with Crippen molar-refractivity contribution in [2.75, 3.05) is 5.32 Å². The van der Waals surface area contributed by atoms with E-state index < -0.39 is 0 Å². The quantitative estimate of drug-likeness (QED) is 0.388. The van der Waals surface area contributed by atoms with Gasteiger partial charge in [0.05, 0.1) is 23.5 Å². The second kappa shape index (κ2) is 11.1. The van der Waals surface area contributed by atoms with E-state index >= 15 is 0 Å². The van der Waals surface area contributed by atoms with Gasteiger partial charge in [-0.2, -0.15) is 0 Å². The van der Waals surface area contributed by atoms with Gasteiger partial charge in [-0.05, 0) is 75.6 Å². The molecule has 1 aromatic heterocycles. The Morgan fingerprint density at radius 1 is 0.939 bits per heavy atom. The average molecular weight is 447 g/mol. The highest BCUT2D eigenvalue weighted by molar-refractivity contribution is 6.05. The molecule has 0 fully saturated rings. The van der Waals surface area contributed by atoms with E-state index in [1.807, 2.05) is 76.2 Å². The van der Waals surface area contributed by atoms with Gasteiger partial charge in [-0.3, -0.25) is 9.78 Å². The summed E-state index contributed by atoms with van der Waals surface area (Å²) in [6.45, 7) is 12.2. The van der Waals surface area contributed by atoms with Crippen molar-refractivity contribution in [1.82, 2.24) is 4.98 Å². The maximum Gasteiger partial charge on any atom is 0.257 e. The molecule has 2 aromatic carbocycles. The SMILES string of the molecule is Cc1nc(CC(C)OC(C)C)ccc1C(=O)Nc1cccc(Oc2ccc(C(C)C)cc2)c1. The molecule has 0 aliphatic heterocycles. The Bertz CT molecular complexity index is 1070. The summed E-state index contributed by atoms with van der Waals surface area (Å²) in [5.41, 5.74) is 4.08. The molecule has 0 aliphatic rings. The zero-order valence-corrected chi connectivity index (χ0v) is 20.4. The molecule has 1 unspecified atom stereocenters. The average Bonchev–Trinajstić information content (AvgIpc) is 2.73. The third-order valence-electron chi connectivity index (χ3n) is 5.26. The Balaban J connectivity index is 1.65. The first-order valence-electron chi connectivity index (χ1n) is 11.5. The van der Waals surface area contributed by atoms with Gasteiger partial charge in [-0.1, -0.05) is 32.0 Å². The number of hydrogen-bond donors (Lipinski definition) is 1. The van der Waals surface area contributed by atoms with E-state index in [2.05, 4.69) is 36.3 Å². The van der Waals surface area contributed by atoms with Gasteiger partial charge in [0.25, 0.3) is 5.91 Å². The first kappa shape index (κ1) is 24.5. The predicted octanol–water partition coefficient (Wildman–Crippen LogP) is 6.91. The van der Waals surface area contributed by atoms with Gasteiger partial charge in [-0.15, -0.1) is 0 Å². The van der Waals surface area contributed by atoms with Crippen LogP contribution in [0.2, 0.25) is 0 Å². The maximum atomic E-state index is 12.9. The normalized spacial score (nSPS) is 12.1. The van der Waals surface area contributed by atoms with E-state index in [1.165, 1.54) is 5.56 Å². The van der Waals surface area contributed by atoms with E-state index in [0.29, 0.717) is 35.0 Å². The number of aryl methyl sites for hydroxylation is 1. The molecule has 33 heavy (non-hydrogen) atoms. The largest absolute Gasteiger partial charge is 0.457 e. The molecule has 1 N–H and O–H groups in total. The van der Waals surface area contributed by atoms with Crippen LogP contribution in [-0.4, -0.2) is 23.1 Å². The summed E-state index contributed by atoms with van der Waals surface area (Å²) in [6.07, 6.45) is 0.949. The Morgan fingerprint density at radius 2 is 1.67 bits per heavy atom. The molecule has 0 saturated heterocycles. The summed E-state index contributed by atoms with van der Waals surface area (Å²) in [4.78, 5) is 17.5. The first-order chi connectivity index (χ1) is 15.7. The fourth-order valence-corrected chi connectivity index (χ4v) is 3.67. The minimum atomic E-state index is -0.198. The summed E-state index contributed by atoms with van der Waals surface area (Å²) in [5, 5.41) is 2.95. The molecule has 0 saturated carbocycles. The predicted molar refractivity (Wildman–Crippen MR) is 133 cm³/mol. The lowest BCUT2D eigenvalue weighted by atomic mass is 10.0. The summed E-state index contributed by atoms with van der Waals surface area (Å²) in [6, 6.07) is 19.2. The Labute approximate surface area is 197 Å². The molecule has 3 rings (SSSR count). The Kier molecular flexibility index (Phi) is 8.23. The number of carbonyl (C=O) groups is 1. The van der Waals surface area contributed by atoms with Crippen LogP contribution in [0.15, 0.2) is 60.7 Å². The molecular formula is C28H34N2O3. The van der Waals surface area contributed by atoms with Crippen LogP contribution in [0.1, 0.15) is 67.8 Å². The van der Waals surface area contributed by atoms with Gasteiger partial charge in [0, 0.05) is 23.9 Å². The lowest BCUT2D eigenvalue weighted by molar-refractivity contribution is 0.0190. The lowest BCUT2D eigenvalue weighted by Gasteiger charge is -2.16. The van der Waals surface area contributed by atoms with Crippen LogP contribution in [0, 0.1) is 6.92 Å². The van der Waals surface area contributed by atoms with E-state index in [1.54, 1.807) is 0 Å².